The Morgan fingerprint density at radius 2 is 1.76 bits per heavy atom. The Morgan fingerprint density at radius 3 is 2.45 bits per heavy atom. The van der Waals surface area contributed by atoms with Crippen LogP contribution in [0.5, 0.6) is 0 Å². The van der Waals surface area contributed by atoms with E-state index in [0.29, 0.717) is 26.2 Å². The number of nitrogens with one attached hydrogen (secondary N) is 2. The van der Waals surface area contributed by atoms with Crippen LogP contribution in [-0.2, 0) is 20.9 Å². The molecule has 1 saturated heterocycles. The highest BCUT2D eigenvalue weighted by Crippen LogP contribution is 2.51. The van der Waals surface area contributed by atoms with Crippen molar-refractivity contribution >= 4 is 58.1 Å². The van der Waals surface area contributed by atoms with Crippen molar-refractivity contribution in [2.75, 3.05) is 5.32 Å². The van der Waals surface area contributed by atoms with Gasteiger partial charge in [-0.3, -0.25) is 29.1 Å². The Kier molecular flexibility index (Phi) is 5.59. The van der Waals surface area contributed by atoms with Gasteiger partial charge in [-0.05, 0) is 42.0 Å². The quantitative estimate of drug-likeness (QED) is 0.533. The minimum absolute atomic E-state index is 0.261. The number of aromatic nitrogens is 1. The van der Waals surface area contributed by atoms with E-state index in [1.807, 2.05) is 0 Å². The number of rotatable bonds is 4. The molecule has 3 amide bonds. The summed E-state index contributed by atoms with van der Waals surface area (Å²) >= 11 is 7.90. The van der Waals surface area contributed by atoms with Gasteiger partial charge in [0.25, 0.3) is 0 Å². The number of amides is 3. The number of fused-ring (bicyclic) bond motifs is 2. The van der Waals surface area contributed by atoms with Crippen LogP contribution in [0.3, 0.4) is 0 Å². The van der Waals surface area contributed by atoms with Gasteiger partial charge in [-0.15, -0.1) is 0 Å². The number of imide groups is 1. The largest absolute Gasteiger partial charge is 0.325 e. The molecule has 3 aromatic rings. The number of thioether (sulfide) groups is 1. The summed E-state index contributed by atoms with van der Waals surface area (Å²) < 4.78 is 14.8. The third-order valence-electron chi connectivity index (χ3n) is 5.55. The van der Waals surface area contributed by atoms with E-state index < -0.39 is 40.6 Å². The first kappa shape index (κ1) is 21.9. The minimum Gasteiger partial charge on any atom is -0.325 e. The molecular formula is C22H15ClFN3O4S2. The van der Waals surface area contributed by atoms with Crippen molar-refractivity contribution in [2.24, 2.45) is 5.92 Å². The topological polar surface area (TPSA) is 97.3 Å². The molecule has 1 aromatic heterocycles. The van der Waals surface area contributed by atoms with Crippen LogP contribution in [0.4, 0.5) is 10.1 Å². The summed E-state index contributed by atoms with van der Waals surface area (Å²) in [5, 5.41) is 5.32. The number of hydrogen-bond donors (Lipinski definition) is 2. The molecular weight excluding hydrogens is 489 g/mol. The van der Waals surface area contributed by atoms with E-state index in [2.05, 4.69) is 10.6 Å². The third kappa shape index (κ3) is 3.98. The van der Waals surface area contributed by atoms with Crippen molar-refractivity contribution in [3.05, 3.63) is 79.5 Å². The van der Waals surface area contributed by atoms with E-state index in [1.54, 1.807) is 36.4 Å². The van der Waals surface area contributed by atoms with Gasteiger partial charge in [0.15, 0.2) is 0 Å². The summed E-state index contributed by atoms with van der Waals surface area (Å²) in [4.78, 5) is 50.8. The SMILES string of the molecule is O=C(Cn1c2c(sc1=O)C(c1ccc(F)cc1)C1C(=O)NC(=O)C1S2)Nc1ccc(Cl)cc1. The second kappa shape index (κ2) is 8.44. The van der Waals surface area contributed by atoms with Crippen LogP contribution in [0.2, 0.25) is 5.02 Å². The van der Waals surface area contributed by atoms with Gasteiger partial charge >= 0.3 is 4.87 Å². The lowest BCUT2D eigenvalue weighted by Crippen LogP contribution is -2.32. The lowest BCUT2D eigenvalue weighted by molar-refractivity contribution is -0.126. The summed E-state index contributed by atoms with van der Waals surface area (Å²) in [6, 6.07) is 12.2. The zero-order valence-corrected chi connectivity index (χ0v) is 19.1. The molecule has 2 aliphatic heterocycles. The molecule has 5 rings (SSSR count). The normalized spacial score (nSPS) is 21.3. The predicted molar refractivity (Wildman–Crippen MR) is 123 cm³/mol. The molecule has 3 atom stereocenters. The van der Waals surface area contributed by atoms with Crippen LogP contribution in [-0.4, -0.2) is 27.5 Å². The van der Waals surface area contributed by atoms with Gasteiger partial charge in [0.2, 0.25) is 17.7 Å². The summed E-state index contributed by atoms with van der Waals surface area (Å²) in [6.07, 6.45) is 0. The highest BCUT2D eigenvalue weighted by atomic mass is 35.5. The first-order chi connectivity index (χ1) is 15.8. The maximum absolute atomic E-state index is 13.5. The van der Waals surface area contributed by atoms with Crippen LogP contribution in [0.25, 0.3) is 0 Å². The minimum atomic E-state index is -0.750. The number of thiazole rings is 1. The molecule has 0 saturated carbocycles. The molecule has 0 spiro atoms. The Hall–Kier alpha value is -2.95. The van der Waals surface area contributed by atoms with Crippen LogP contribution < -0.4 is 15.5 Å². The molecule has 0 radical (unpaired) electrons. The highest BCUT2D eigenvalue weighted by Gasteiger charge is 2.52. The first-order valence-electron chi connectivity index (χ1n) is 9.87. The fraction of sp³-hybridized carbons (Fsp3) is 0.182. The zero-order valence-electron chi connectivity index (χ0n) is 16.7. The molecule has 3 unspecified atom stereocenters. The highest BCUT2D eigenvalue weighted by molar-refractivity contribution is 8.00. The van der Waals surface area contributed by atoms with Gasteiger partial charge in [-0.1, -0.05) is 46.8 Å². The summed E-state index contributed by atoms with van der Waals surface area (Å²) in [6.45, 7) is -0.261. The van der Waals surface area contributed by atoms with Gasteiger partial charge in [-0.25, -0.2) is 4.39 Å². The van der Waals surface area contributed by atoms with Crippen LogP contribution in [0.15, 0.2) is 58.4 Å². The number of carbonyl (C=O) groups is 3. The molecule has 2 N–H and O–H groups in total. The van der Waals surface area contributed by atoms with Gasteiger partial charge in [-0.2, -0.15) is 0 Å². The van der Waals surface area contributed by atoms with Crippen molar-refractivity contribution in [3.63, 3.8) is 0 Å². The second-order valence-corrected chi connectivity index (χ2v) is 10.2. The van der Waals surface area contributed by atoms with E-state index in [0.717, 1.165) is 23.1 Å². The molecule has 11 heteroatoms. The lowest BCUT2D eigenvalue weighted by atomic mass is 9.83. The number of hydrogen-bond acceptors (Lipinski definition) is 6. The molecule has 33 heavy (non-hydrogen) atoms. The summed E-state index contributed by atoms with van der Waals surface area (Å²) in [5.41, 5.74) is 1.15. The van der Waals surface area contributed by atoms with E-state index in [9.17, 15) is 23.6 Å². The molecule has 2 aliphatic rings. The smallest absolute Gasteiger partial charge is 0.308 e. The van der Waals surface area contributed by atoms with Crippen LogP contribution >= 0.6 is 34.7 Å². The van der Waals surface area contributed by atoms with Gasteiger partial charge in [0.05, 0.1) is 10.9 Å². The Balaban J connectivity index is 1.52. The van der Waals surface area contributed by atoms with Crippen LogP contribution in [0.1, 0.15) is 16.4 Å². The maximum Gasteiger partial charge on any atom is 0.308 e. The molecule has 1 fully saturated rings. The molecule has 168 valence electrons. The second-order valence-electron chi connectivity index (χ2n) is 7.63. The Morgan fingerprint density at radius 1 is 1.06 bits per heavy atom. The standard InChI is InChI=1S/C22H15ClFN3O4S2/c23-11-3-7-13(8-4-11)25-14(28)9-27-21-18(33-22(27)31)15(10-1-5-12(24)6-2-10)16-17(32-21)20(30)26-19(16)29/h1-8,15-17H,9H2,(H,25,28)(H,26,29,30). The lowest BCUT2D eigenvalue weighted by Gasteiger charge is -2.30. The molecule has 0 aliphatic carbocycles. The van der Waals surface area contributed by atoms with Crippen molar-refractivity contribution in [2.45, 2.75) is 22.7 Å². The van der Waals surface area contributed by atoms with Gasteiger partial charge < -0.3 is 5.32 Å². The van der Waals surface area contributed by atoms with Gasteiger partial charge in [0.1, 0.15) is 17.6 Å². The van der Waals surface area contributed by atoms with Gasteiger partial charge in [0, 0.05) is 21.5 Å². The number of nitrogens with zero attached hydrogens (tertiary/aromatic N) is 1. The van der Waals surface area contributed by atoms with Crippen molar-refractivity contribution in [1.29, 1.82) is 0 Å². The Labute approximate surface area is 199 Å². The first-order valence-corrected chi connectivity index (χ1v) is 11.9. The maximum atomic E-state index is 13.5. The average Bonchev–Trinajstić information content (AvgIpc) is 3.24. The Bertz CT molecular complexity index is 1340. The number of anilines is 1. The summed E-state index contributed by atoms with van der Waals surface area (Å²) in [5.74, 6) is -3.05. The van der Waals surface area contributed by atoms with E-state index in [1.165, 1.54) is 16.7 Å². The van der Waals surface area contributed by atoms with Crippen molar-refractivity contribution in [3.8, 4) is 0 Å². The fourth-order valence-electron chi connectivity index (χ4n) is 4.08. The molecule has 7 nitrogen and oxygen atoms in total. The van der Waals surface area contributed by atoms with Crippen molar-refractivity contribution in [1.82, 2.24) is 9.88 Å². The number of carbonyl (C=O) groups excluding carboxylic acids is 3. The van der Waals surface area contributed by atoms with E-state index in [4.69, 9.17) is 11.6 Å². The number of halogens is 2. The van der Waals surface area contributed by atoms with E-state index >= 15 is 0 Å². The van der Waals surface area contributed by atoms with Crippen molar-refractivity contribution < 1.29 is 18.8 Å². The zero-order chi connectivity index (χ0) is 23.3. The van der Waals surface area contributed by atoms with E-state index in [-0.39, 0.29) is 11.4 Å². The average molecular weight is 504 g/mol. The fourth-order valence-corrected chi connectivity index (χ4v) is 6.95. The summed E-state index contributed by atoms with van der Waals surface area (Å²) in [7, 11) is 0. The predicted octanol–water partition coefficient (Wildman–Crippen LogP) is 3.22. The monoisotopic (exact) mass is 503 g/mol. The number of benzene rings is 2. The molecule has 3 heterocycles. The molecule has 0 bridgehead atoms. The van der Waals surface area contributed by atoms with Crippen LogP contribution in [0, 0.1) is 11.7 Å². The molecule has 2 aromatic carbocycles. The third-order valence-corrected chi connectivity index (χ3v) is 8.41.